The first-order chi connectivity index (χ1) is 31.4. The normalized spacial score (nSPS) is 14.9. The molecule has 6 heteroatoms. The molecular formula is C60H90B2O4. The molecule has 1 N–H and O–H groups in total. The Kier molecular flexibility index (Phi) is 20.3. The molecule has 0 spiro atoms. The van der Waals surface area contributed by atoms with Gasteiger partial charge in [0.05, 0.1) is 22.4 Å². The first-order valence-corrected chi connectivity index (χ1v) is 26.7. The molecule has 1 aliphatic rings. The SMILES string of the molecule is CCCCCCc1cc(CCCCCC)cc(-c2cc(BOC(C)(C)C(C)(C)O)ccc2-c2ccc(B3OC(C)(C)C(C)(C)O3)cc2-c2cc(CCCCCC)cc(CCCCCC)c2)c1. The lowest BCUT2D eigenvalue weighted by Gasteiger charge is -2.37. The van der Waals surface area contributed by atoms with Crippen molar-refractivity contribution in [2.75, 3.05) is 0 Å². The molecule has 4 aromatic carbocycles. The molecule has 0 aliphatic carbocycles. The van der Waals surface area contributed by atoms with Crippen LogP contribution >= 0.6 is 0 Å². The van der Waals surface area contributed by atoms with Gasteiger partial charge in [0.15, 0.2) is 0 Å². The average Bonchev–Trinajstić information content (AvgIpc) is 3.50. The number of benzene rings is 4. The number of hydrogen-bond acceptors (Lipinski definition) is 4. The van der Waals surface area contributed by atoms with Crippen LogP contribution in [0.4, 0.5) is 0 Å². The quantitative estimate of drug-likeness (QED) is 0.0456. The Hall–Kier alpha value is -3.15. The third kappa shape index (κ3) is 14.9. The van der Waals surface area contributed by atoms with Crippen LogP contribution in [0, 0.1) is 0 Å². The first kappa shape index (κ1) is 53.8. The third-order valence-electron chi connectivity index (χ3n) is 15.0. The molecule has 1 aliphatic heterocycles. The number of aliphatic hydroxyl groups is 1. The fraction of sp³-hybridized carbons (Fsp3) is 0.600. The van der Waals surface area contributed by atoms with Crippen molar-refractivity contribution in [3.63, 3.8) is 0 Å². The predicted molar refractivity (Wildman–Crippen MR) is 288 cm³/mol. The van der Waals surface area contributed by atoms with Crippen LogP contribution in [0.25, 0.3) is 33.4 Å². The van der Waals surface area contributed by atoms with Crippen LogP contribution in [-0.2, 0) is 39.6 Å². The largest absolute Gasteiger partial charge is 0.494 e. The lowest BCUT2D eigenvalue weighted by Crippen LogP contribution is -2.49. The Morgan fingerprint density at radius 3 is 1.24 bits per heavy atom. The zero-order valence-electron chi connectivity index (χ0n) is 44.0. The zero-order valence-corrected chi connectivity index (χ0v) is 44.0. The van der Waals surface area contributed by atoms with E-state index in [4.69, 9.17) is 14.0 Å². The monoisotopic (exact) mass is 897 g/mol. The first-order valence-electron chi connectivity index (χ1n) is 26.7. The van der Waals surface area contributed by atoms with Gasteiger partial charge in [-0.25, -0.2) is 0 Å². The second-order valence-electron chi connectivity index (χ2n) is 22.0. The molecule has 66 heavy (non-hydrogen) atoms. The number of hydrogen-bond donors (Lipinski definition) is 1. The molecule has 0 aromatic heterocycles. The van der Waals surface area contributed by atoms with E-state index in [0.29, 0.717) is 7.48 Å². The summed E-state index contributed by atoms with van der Waals surface area (Å²) < 4.78 is 20.0. The summed E-state index contributed by atoms with van der Waals surface area (Å²) in [6.45, 7) is 25.4. The van der Waals surface area contributed by atoms with E-state index >= 15 is 0 Å². The van der Waals surface area contributed by atoms with Crippen molar-refractivity contribution in [1.82, 2.24) is 0 Å². The number of aryl methyl sites for hydroxylation is 4. The van der Waals surface area contributed by atoms with Crippen molar-refractivity contribution >= 4 is 25.5 Å². The summed E-state index contributed by atoms with van der Waals surface area (Å²) in [6, 6.07) is 28.9. The molecular weight excluding hydrogens is 806 g/mol. The molecule has 1 saturated heterocycles. The van der Waals surface area contributed by atoms with Gasteiger partial charge in [-0.3, -0.25) is 0 Å². The van der Waals surface area contributed by atoms with Crippen LogP contribution in [-0.4, -0.2) is 42.1 Å². The highest BCUT2D eigenvalue weighted by Crippen LogP contribution is 2.41. The van der Waals surface area contributed by atoms with E-state index < -0.39 is 29.5 Å². The predicted octanol–water partition coefficient (Wildman–Crippen LogP) is 15.0. The molecule has 0 bridgehead atoms. The van der Waals surface area contributed by atoms with Gasteiger partial charge in [-0.2, -0.15) is 0 Å². The van der Waals surface area contributed by atoms with E-state index in [1.807, 2.05) is 27.7 Å². The van der Waals surface area contributed by atoms with E-state index in [0.717, 1.165) is 36.6 Å². The molecule has 0 unspecified atom stereocenters. The summed E-state index contributed by atoms with van der Waals surface area (Å²) in [5, 5.41) is 11.1. The van der Waals surface area contributed by atoms with Gasteiger partial charge in [0.1, 0.15) is 0 Å². The standard InChI is InChI=1S/C60H90B2O4/c1-13-17-21-25-29-45-37-46(30-26-22-18-14-2)40-49(39-45)55-43-51(61-64-58(7,8)57(5,6)63)33-35-53(55)54-36-34-52(62-65-59(9,10)60(11,12)66-62)44-56(54)50-41-47(31-27-23-19-15-3)38-48(42-50)32-28-24-20-16-4/h33-44,61,63H,13-32H2,1-12H3. The Bertz CT molecular complexity index is 2030. The zero-order chi connectivity index (χ0) is 48.0. The van der Waals surface area contributed by atoms with Crippen LogP contribution in [0.1, 0.15) is 208 Å². The van der Waals surface area contributed by atoms with Gasteiger partial charge < -0.3 is 19.1 Å². The molecule has 360 valence electrons. The molecule has 4 aromatic rings. The Balaban J connectivity index is 1.75. The van der Waals surface area contributed by atoms with Gasteiger partial charge in [-0.05, 0) is 168 Å². The Morgan fingerprint density at radius 2 is 0.864 bits per heavy atom. The Labute approximate surface area is 405 Å². The van der Waals surface area contributed by atoms with Gasteiger partial charge in [0.2, 0.25) is 0 Å². The fourth-order valence-electron chi connectivity index (χ4n) is 9.19. The van der Waals surface area contributed by atoms with E-state index in [9.17, 15) is 5.11 Å². The second kappa shape index (κ2) is 24.9. The molecule has 0 radical (unpaired) electrons. The van der Waals surface area contributed by atoms with Gasteiger partial charge in [0, 0.05) is 0 Å². The third-order valence-corrected chi connectivity index (χ3v) is 15.0. The van der Waals surface area contributed by atoms with E-state index in [2.05, 4.69) is 128 Å². The topological polar surface area (TPSA) is 47.9 Å². The Morgan fingerprint density at radius 1 is 0.485 bits per heavy atom. The van der Waals surface area contributed by atoms with Crippen molar-refractivity contribution in [3.8, 4) is 33.4 Å². The minimum Gasteiger partial charge on any atom is -0.427 e. The average molecular weight is 897 g/mol. The maximum atomic E-state index is 11.1. The van der Waals surface area contributed by atoms with Gasteiger partial charge in [-0.15, -0.1) is 0 Å². The van der Waals surface area contributed by atoms with Crippen molar-refractivity contribution < 1.29 is 19.1 Å². The molecule has 5 rings (SSSR count). The van der Waals surface area contributed by atoms with Crippen molar-refractivity contribution in [2.24, 2.45) is 0 Å². The summed E-state index contributed by atoms with van der Waals surface area (Å²) in [6.07, 6.45) is 24.3. The van der Waals surface area contributed by atoms with Crippen molar-refractivity contribution in [3.05, 3.63) is 95.1 Å². The van der Waals surface area contributed by atoms with Crippen molar-refractivity contribution in [2.45, 2.75) is 234 Å². The summed E-state index contributed by atoms with van der Waals surface area (Å²) in [5.74, 6) is 0. The van der Waals surface area contributed by atoms with E-state index in [-0.39, 0.29) is 0 Å². The summed E-state index contributed by atoms with van der Waals surface area (Å²) >= 11 is 0. The molecule has 1 fully saturated rings. The molecule has 0 atom stereocenters. The van der Waals surface area contributed by atoms with E-state index in [1.54, 1.807) is 0 Å². The maximum absolute atomic E-state index is 11.1. The van der Waals surface area contributed by atoms with Gasteiger partial charge in [-0.1, -0.05) is 183 Å². The fourth-order valence-corrected chi connectivity index (χ4v) is 9.19. The summed E-state index contributed by atoms with van der Waals surface area (Å²) in [4.78, 5) is 0. The highest BCUT2D eigenvalue weighted by Gasteiger charge is 2.51. The van der Waals surface area contributed by atoms with Crippen LogP contribution in [0.15, 0.2) is 72.8 Å². The smallest absolute Gasteiger partial charge is 0.427 e. The lowest BCUT2D eigenvalue weighted by molar-refractivity contribution is -0.0893. The summed E-state index contributed by atoms with van der Waals surface area (Å²) in [7, 11) is -0.0635. The molecule has 0 amide bonds. The second-order valence-corrected chi connectivity index (χ2v) is 22.0. The highest BCUT2D eigenvalue weighted by molar-refractivity contribution is 6.62. The van der Waals surface area contributed by atoms with Crippen LogP contribution in [0.2, 0.25) is 0 Å². The van der Waals surface area contributed by atoms with Crippen LogP contribution < -0.4 is 10.9 Å². The highest BCUT2D eigenvalue weighted by atomic mass is 16.7. The minimum atomic E-state index is -0.998. The molecule has 4 nitrogen and oxygen atoms in total. The number of rotatable bonds is 28. The number of unbranched alkanes of at least 4 members (excludes halogenated alkanes) is 12. The van der Waals surface area contributed by atoms with E-state index in [1.165, 1.54) is 158 Å². The van der Waals surface area contributed by atoms with Gasteiger partial charge >= 0.3 is 14.6 Å². The summed E-state index contributed by atoms with van der Waals surface area (Å²) in [5.41, 5.74) is 12.7. The van der Waals surface area contributed by atoms with Crippen molar-refractivity contribution in [1.29, 1.82) is 0 Å². The maximum Gasteiger partial charge on any atom is 0.494 e. The van der Waals surface area contributed by atoms with Gasteiger partial charge in [0.25, 0.3) is 0 Å². The van der Waals surface area contributed by atoms with Crippen LogP contribution in [0.3, 0.4) is 0 Å². The molecule has 0 saturated carbocycles. The minimum absolute atomic E-state index is 0.403. The van der Waals surface area contributed by atoms with Crippen LogP contribution in [0.5, 0.6) is 0 Å². The lowest BCUT2D eigenvalue weighted by atomic mass is 9.75. The molecule has 1 heterocycles.